The molecular weight excluding hydrogens is 244 g/mol. The SMILES string of the molecule is C[C@]12CCCC[C@@]1(Oc1cccc(O)c1)OCC2=O. The van der Waals surface area contributed by atoms with Crippen molar-refractivity contribution in [1.29, 1.82) is 0 Å². The first-order chi connectivity index (χ1) is 9.06. The highest BCUT2D eigenvalue weighted by Gasteiger charge is 2.62. The molecule has 0 spiro atoms. The van der Waals surface area contributed by atoms with E-state index < -0.39 is 11.2 Å². The van der Waals surface area contributed by atoms with Crippen LogP contribution in [0, 0.1) is 5.41 Å². The van der Waals surface area contributed by atoms with Gasteiger partial charge in [-0.1, -0.05) is 12.5 Å². The molecule has 0 radical (unpaired) electrons. The number of hydrogen-bond donors (Lipinski definition) is 1. The van der Waals surface area contributed by atoms with Gasteiger partial charge < -0.3 is 14.6 Å². The van der Waals surface area contributed by atoms with Crippen LogP contribution in [0.2, 0.25) is 0 Å². The molecule has 0 amide bonds. The van der Waals surface area contributed by atoms with Crippen LogP contribution >= 0.6 is 0 Å². The molecule has 0 unspecified atom stereocenters. The largest absolute Gasteiger partial charge is 0.508 e. The lowest BCUT2D eigenvalue weighted by Crippen LogP contribution is -2.53. The summed E-state index contributed by atoms with van der Waals surface area (Å²) < 4.78 is 11.8. The average molecular weight is 262 g/mol. The van der Waals surface area contributed by atoms with Gasteiger partial charge in [-0.2, -0.15) is 0 Å². The lowest BCUT2D eigenvalue weighted by Gasteiger charge is -2.44. The number of benzene rings is 1. The minimum absolute atomic E-state index is 0.118. The number of phenolic OH excluding ortho intramolecular Hbond substituents is 1. The van der Waals surface area contributed by atoms with Crippen LogP contribution in [0.15, 0.2) is 24.3 Å². The number of hydrogen-bond acceptors (Lipinski definition) is 4. The van der Waals surface area contributed by atoms with Gasteiger partial charge >= 0.3 is 0 Å². The Kier molecular flexibility index (Phi) is 2.78. The fourth-order valence-corrected chi connectivity index (χ4v) is 3.16. The predicted molar refractivity (Wildman–Crippen MR) is 69.0 cm³/mol. The van der Waals surface area contributed by atoms with Crippen molar-refractivity contribution in [2.24, 2.45) is 5.41 Å². The lowest BCUT2D eigenvalue weighted by atomic mass is 9.69. The molecule has 3 rings (SSSR count). The molecule has 19 heavy (non-hydrogen) atoms. The van der Waals surface area contributed by atoms with Crippen molar-refractivity contribution in [1.82, 2.24) is 0 Å². The fourth-order valence-electron chi connectivity index (χ4n) is 3.16. The Labute approximate surface area is 112 Å². The number of ether oxygens (including phenoxy) is 2. The second-order valence-electron chi connectivity index (χ2n) is 5.60. The van der Waals surface area contributed by atoms with E-state index in [4.69, 9.17) is 9.47 Å². The van der Waals surface area contributed by atoms with E-state index in [2.05, 4.69) is 0 Å². The maximum absolute atomic E-state index is 12.1. The van der Waals surface area contributed by atoms with Crippen LogP contribution in [-0.2, 0) is 9.53 Å². The van der Waals surface area contributed by atoms with Gasteiger partial charge in [0.2, 0.25) is 5.79 Å². The van der Waals surface area contributed by atoms with E-state index in [-0.39, 0.29) is 18.1 Å². The molecule has 4 nitrogen and oxygen atoms in total. The van der Waals surface area contributed by atoms with Crippen molar-refractivity contribution in [2.45, 2.75) is 38.4 Å². The minimum atomic E-state index is -0.865. The van der Waals surface area contributed by atoms with Gasteiger partial charge in [-0.3, -0.25) is 4.79 Å². The Morgan fingerprint density at radius 1 is 1.32 bits per heavy atom. The molecule has 1 aromatic rings. The van der Waals surface area contributed by atoms with Crippen LogP contribution in [0.25, 0.3) is 0 Å². The summed E-state index contributed by atoms with van der Waals surface area (Å²) in [6, 6.07) is 6.63. The van der Waals surface area contributed by atoms with Crippen molar-refractivity contribution in [3.63, 3.8) is 0 Å². The molecule has 1 saturated heterocycles. The molecule has 1 aliphatic heterocycles. The summed E-state index contributed by atoms with van der Waals surface area (Å²) in [7, 11) is 0. The Balaban J connectivity index is 1.94. The third kappa shape index (κ3) is 1.82. The third-order valence-corrected chi connectivity index (χ3v) is 4.43. The maximum atomic E-state index is 12.1. The first-order valence-electron chi connectivity index (χ1n) is 6.71. The second-order valence-corrected chi connectivity index (χ2v) is 5.60. The van der Waals surface area contributed by atoms with E-state index >= 15 is 0 Å². The number of Topliss-reactive ketones (excluding diaryl/α,β-unsaturated/α-hetero) is 1. The zero-order valence-corrected chi connectivity index (χ0v) is 11.0. The fraction of sp³-hybridized carbons (Fsp3) is 0.533. The Morgan fingerprint density at radius 3 is 2.89 bits per heavy atom. The zero-order chi connectivity index (χ0) is 13.5. The van der Waals surface area contributed by atoms with Crippen molar-refractivity contribution >= 4 is 5.78 Å². The van der Waals surface area contributed by atoms with E-state index in [1.54, 1.807) is 24.3 Å². The van der Waals surface area contributed by atoms with E-state index in [0.29, 0.717) is 12.2 Å². The maximum Gasteiger partial charge on any atom is 0.223 e. The van der Waals surface area contributed by atoms with Crippen molar-refractivity contribution in [3.8, 4) is 11.5 Å². The number of rotatable bonds is 2. The standard InChI is InChI=1S/C15H18O4/c1-14-7-2-3-8-15(14,18-10-13(14)17)19-12-6-4-5-11(16)9-12/h4-6,9,16H,2-3,7-8,10H2,1H3/t14-,15+/m1/s1. The second kappa shape index (κ2) is 4.23. The first kappa shape index (κ1) is 12.5. The molecule has 0 bridgehead atoms. The highest BCUT2D eigenvalue weighted by Crippen LogP contribution is 2.51. The smallest absolute Gasteiger partial charge is 0.223 e. The van der Waals surface area contributed by atoms with Crippen LogP contribution in [0.5, 0.6) is 11.5 Å². The molecule has 2 aliphatic rings. The van der Waals surface area contributed by atoms with Crippen molar-refractivity contribution in [2.75, 3.05) is 6.61 Å². The van der Waals surface area contributed by atoms with Crippen LogP contribution in [-0.4, -0.2) is 23.3 Å². The van der Waals surface area contributed by atoms with Crippen molar-refractivity contribution < 1.29 is 19.4 Å². The molecular formula is C15H18O4. The number of phenols is 1. The Bertz CT molecular complexity index is 513. The van der Waals surface area contributed by atoms with Crippen LogP contribution < -0.4 is 4.74 Å². The van der Waals surface area contributed by atoms with Gasteiger partial charge in [0.25, 0.3) is 0 Å². The summed E-state index contributed by atoms with van der Waals surface area (Å²) in [6.45, 7) is 2.06. The lowest BCUT2D eigenvalue weighted by molar-refractivity contribution is -0.218. The highest BCUT2D eigenvalue weighted by atomic mass is 16.7. The van der Waals surface area contributed by atoms with Crippen LogP contribution in [0.3, 0.4) is 0 Å². The minimum Gasteiger partial charge on any atom is -0.508 e. The molecule has 2 atom stereocenters. The number of ketones is 1. The van der Waals surface area contributed by atoms with E-state index in [0.717, 1.165) is 19.3 Å². The molecule has 102 valence electrons. The molecule has 4 heteroatoms. The Morgan fingerprint density at radius 2 is 2.11 bits per heavy atom. The van der Waals surface area contributed by atoms with Crippen molar-refractivity contribution in [3.05, 3.63) is 24.3 Å². The Hall–Kier alpha value is -1.55. The quantitative estimate of drug-likeness (QED) is 0.890. The monoisotopic (exact) mass is 262 g/mol. The zero-order valence-electron chi connectivity index (χ0n) is 11.0. The molecule has 0 aromatic heterocycles. The van der Waals surface area contributed by atoms with E-state index in [1.165, 1.54) is 0 Å². The summed E-state index contributed by atoms with van der Waals surface area (Å²) in [5.74, 6) is -0.0539. The summed E-state index contributed by atoms with van der Waals surface area (Å²) in [5, 5.41) is 9.51. The molecule has 1 N–H and O–H groups in total. The van der Waals surface area contributed by atoms with Crippen LogP contribution in [0.4, 0.5) is 0 Å². The number of carbonyl (C=O) groups excluding carboxylic acids is 1. The number of aromatic hydroxyl groups is 1. The van der Waals surface area contributed by atoms with E-state index in [1.807, 2.05) is 6.92 Å². The predicted octanol–water partition coefficient (Wildman–Crippen LogP) is 2.65. The molecule has 1 saturated carbocycles. The number of fused-ring (bicyclic) bond motifs is 1. The summed E-state index contributed by atoms with van der Waals surface area (Å²) in [4.78, 5) is 12.1. The van der Waals surface area contributed by atoms with E-state index in [9.17, 15) is 9.90 Å². The van der Waals surface area contributed by atoms with Crippen LogP contribution in [0.1, 0.15) is 32.6 Å². The van der Waals surface area contributed by atoms with Gasteiger partial charge in [-0.05, 0) is 31.9 Å². The summed E-state index contributed by atoms with van der Waals surface area (Å²) in [6.07, 6.45) is 3.52. The van der Waals surface area contributed by atoms with Gasteiger partial charge in [0.15, 0.2) is 5.78 Å². The topological polar surface area (TPSA) is 55.8 Å². The average Bonchev–Trinajstić information content (AvgIpc) is 2.63. The molecule has 2 fully saturated rings. The summed E-state index contributed by atoms with van der Waals surface area (Å²) in [5.41, 5.74) is -0.573. The van der Waals surface area contributed by atoms with Gasteiger partial charge in [0.05, 0.1) is 5.41 Å². The number of carbonyl (C=O) groups is 1. The molecule has 1 aliphatic carbocycles. The summed E-state index contributed by atoms with van der Waals surface area (Å²) >= 11 is 0. The first-order valence-corrected chi connectivity index (χ1v) is 6.71. The van der Waals surface area contributed by atoms with Gasteiger partial charge in [0, 0.05) is 12.5 Å². The van der Waals surface area contributed by atoms with Gasteiger partial charge in [0.1, 0.15) is 18.1 Å². The molecule has 1 heterocycles. The third-order valence-electron chi connectivity index (χ3n) is 4.43. The molecule has 1 aromatic carbocycles. The van der Waals surface area contributed by atoms with Gasteiger partial charge in [-0.25, -0.2) is 0 Å². The van der Waals surface area contributed by atoms with Gasteiger partial charge in [-0.15, -0.1) is 0 Å². The highest BCUT2D eigenvalue weighted by molar-refractivity contribution is 5.88. The normalized spacial score (nSPS) is 34.1.